The van der Waals surface area contributed by atoms with E-state index in [1.807, 2.05) is 25.7 Å². The molecule has 0 saturated carbocycles. The largest absolute Gasteiger partial charge is 0.481 e. The molecule has 1 aliphatic heterocycles. The Kier molecular flexibility index (Phi) is 2.86. The van der Waals surface area contributed by atoms with Crippen molar-refractivity contribution in [2.24, 2.45) is 0 Å². The third-order valence-electron chi connectivity index (χ3n) is 2.68. The molecular formula is C10H18FNO2. The molecule has 0 aromatic carbocycles. The van der Waals surface area contributed by atoms with Crippen LogP contribution < -0.4 is 0 Å². The second-order valence-corrected chi connectivity index (χ2v) is 5.07. The molecule has 1 saturated heterocycles. The fraction of sp³-hybridized carbons (Fsp3) is 0.900. The molecule has 14 heavy (non-hydrogen) atoms. The molecule has 4 heteroatoms. The molecule has 1 heterocycles. The molecule has 0 amide bonds. The van der Waals surface area contributed by atoms with Gasteiger partial charge < -0.3 is 5.11 Å². The summed E-state index contributed by atoms with van der Waals surface area (Å²) in [7, 11) is 0. The first-order valence-corrected chi connectivity index (χ1v) is 4.89. The van der Waals surface area contributed by atoms with Gasteiger partial charge in [0.2, 0.25) is 0 Å². The lowest BCUT2D eigenvalue weighted by Gasteiger charge is -2.51. The van der Waals surface area contributed by atoms with Crippen LogP contribution in [-0.2, 0) is 4.79 Å². The summed E-state index contributed by atoms with van der Waals surface area (Å²) in [5.41, 5.74) is -1.29. The Morgan fingerprint density at radius 1 is 1.50 bits per heavy atom. The standard InChI is InChI=1S/C10H18FNO2/c1-9(2,3)12-6-10(11,7-12)5-4-8(13)14/h4-7H2,1-3H3,(H,13,14). The van der Waals surface area contributed by atoms with Crippen LogP contribution in [0.15, 0.2) is 0 Å². The number of aliphatic carboxylic acids is 1. The Bertz CT molecular complexity index is 229. The first-order chi connectivity index (χ1) is 6.23. The highest BCUT2D eigenvalue weighted by molar-refractivity contribution is 5.66. The van der Waals surface area contributed by atoms with Crippen LogP contribution in [0, 0.1) is 0 Å². The molecular weight excluding hydrogens is 185 g/mol. The van der Waals surface area contributed by atoms with E-state index in [-0.39, 0.29) is 18.4 Å². The predicted octanol–water partition coefficient (Wildman–Crippen LogP) is 1.67. The van der Waals surface area contributed by atoms with Gasteiger partial charge in [-0.3, -0.25) is 9.69 Å². The SMILES string of the molecule is CC(C)(C)N1CC(F)(CCC(=O)O)C1. The summed E-state index contributed by atoms with van der Waals surface area (Å²) in [6, 6.07) is 0. The van der Waals surface area contributed by atoms with Gasteiger partial charge in [0.15, 0.2) is 0 Å². The van der Waals surface area contributed by atoms with E-state index < -0.39 is 11.6 Å². The molecule has 0 bridgehead atoms. The number of rotatable bonds is 3. The molecule has 1 fully saturated rings. The highest BCUT2D eigenvalue weighted by Crippen LogP contribution is 2.34. The van der Waals surface area contributed by atoms with Crippen molar-refractivity contribution in [3.63, 3.8) is 0 Å². The highest BCUT2D eigenvalue weighted by Gasteiger charge is 2.47. The van der Waals surface area contributed by atoms with Crippen molar-refractivity contribution >= 4 is 5.97 Å². The van der Waals surface area contributed by atoms with Gasteiger partial charge in [-0.2, -0.15) is 0 Å². The van der Waals surface area contributed by atoms with Crippen LogP contribution in [0.25, 0.3) is 0 Å². The van der Waals surface area contributed by atoms with E-state index in [0.717, 1.165) is 0 Å². The Morgan fingerprint density at radius 3 is 2.36 bits per heavy atom. The van der Waals surface area contributed by atoms with Crippen LogP contribution in [-0.4, -0.2) is 40.3 Å². The Morgan fingerprint density at radius 2 is 2.00 bits per heavy atom. The molecule has 0 spiro atoms. The van der Waals surface area contributed by atoms with Gasteiger partial charge in [0.05, 0.1) is 0 Å². The number of likely N-dealkylation sites (tertiary alicyclic amines) is 1. The zero-order chi connectivity index (χ0) is 11.0. The van der Waals surface area contributed by atoms with E-state index in [4.69, 9.17) is 5.11 Å². The quantitative estimate of drug-likeness (QED) is 0.758. The Hall–Kier alpha value is -0.640. The molecule has 0 atom stereocenters. The van der Waals surface area contributed by atoms with Gasteiger partial charge >= 0.3 is 5.97 Å². The maximum atomic E-state index is 13.7. The summed E-state index contributed by atoms with van der Waals surface area (Å²) in [5.74, 6) is -0.920. The minimum Gasteiger partial charge on any atom is -0.481 e. The molecule has 0 radical (unpaired) electrons. The lowest BCUT2D eigenvalue weighted by atomic mass is 9.86. The van der Waals surface area contributed by atoms with Crippen LogP contribution >= 0.6 is 0 Å². The molecule has 1 N–H and O–H groups in total. The molecule has 0 aromatic rings. The maximum Gasteiger partial charge on any atom is 0.303 e. The second kappa shape index (κ2) is 3.50. The predicted molar refractivity (Wildman–Crippen MR) is 52.0 cm³/mol. The lowest BCUT2D eigenvalue weighted by molar-refractivity contribution is -0.140. The summed E-state index contributed by atoms with van der Waals surface area (Å²) in [5, 5.41) is 8.44. The van der Waals surface area contributed by atoms with Crippen molar-refractivity contribution < 1.29 is 14.3 Å². The average Bonchev–Trinajstić information content (AvgIpc) is 1.93. The van der Waals surface area contributed by atoms with Gasteiger partial charge in [-0.05, 0) is 27.2 Å². The number of carboxylic acids is 1. The topological polar surface area (TPSA) is 40.5 Å². The zero-order valence-electron chi connectivity index (χ0n) is 9.01. The van der Waals surface area contributed by atoms with Crippen LogP contribution in [0.5, 0.6) is 0 Å². The van der Waals surface area contributed by atoms with Crippen LogP contribution in [0.2, 0.25) is 0 Å². The summed E-state index contributed by atoms with van der Waals surface area (Å²) in [6.45, 7) is 6.82. The monoisotopic (exact) mass is 203 g/mol. The van der Waals surface area contributed by atoms with Crippen LogP contribution in [0.4, 0.5) is 4.39 Å². The van der Waals surface area contributed by atoms with Crippen molar-refractivity contribution in [1.82, 2.24) is 4.90 Å². The number of carboxylic acid groups (broad SMARTS) is 1. The third kappa shape index (κ3) is 2.67. The number of halogens is 1. The van der Waals surface area contributed by atoms with Crippen molar-refractivity contribution in [1.29, 1.82) is 0 Å². The third-order valence-corrected chi connectivity index (χ3v) is 2.68. The number of hydrogen-bond acceptors (Lipinski definition) is 2. The normalized spacial score (nSPS) is 21.7. The Labute approximate surface area is 83.9 Å². The average molecular weight is 203 g/mol. The highest BCUT2D eigenvalue weighted by atomic mass is 19.1. The first-order valence-electron chi connectivity index (χ1n) is 4.89. The molecule has 0 aliphatic carbocycles. The number of carbonyl (C=O) groups is 1. The van der Waals surface area contributed by atoms with Gasteiger partial charge in [0.1, 0.15) is 5.67 Å². The van der Waals surface area contributed by atoms with E-state index in [1.54, 1.807) is 0 Å². The van der Waals surface area contributed by atoms with Crippen molar-refractivity contribution in [3.05, 3.63) is 0 Å². The van der Waals surface area contributed by atoms with Crippen molar-refractivity contribution in [2.45, 2.75) is 44.8 Å². The molecule has 82 valence electrons. The molecule has 0 unspecified atom stereocenters. The smallest absolute Gasteiger partial charge is 0.303 e. The summed E-state index contributed by atoms with van der Waals surface area (Å²) in [4.78, 5) is 12.3. The lowest BCUT2D eigenvalue weighted by Crippen LogP contribution is -2.64. The minimum atomic E-state index is -1.27. The van der Waals surface area contributed by atoms with Gasteiger partial charge in [-0.1, -0.05) is 0 Å². The van der Waals surface area contributed by atoms with Crippen molar-refractivity contribution in [3.8, 4) is 0 Å². The maximum absolute atomic E-state index is 13.7. The molecule has 1 aliphatic rings. The summed E-state index contributed by atoms with van der Waals surface area (Å²) < 4.78 is 13.7. The first kappa shape index (κ1) is 11.4. The van der Waals surface area contributed by atoms with Gasteiger partial charge in [0.25, 0.3) is 0 Å². The van der Waals surface area contributed by atoms with Gasteiger partial charge in [-0.15, -0.1) is 0 Å². The fourth-order valence-corrected chi connectivity index (χ4v) is 1.60. The summed E-state index contributed by atoms with van der Waals surface area (Å²) in [6.07, 6.45) is 0.0589. The molecule has 1 rings (SSSR count). The van der Waals surface area contributed by atoms with Gasteiger partial charge in [-0.25, -0.2) is 4.39 Å². The zero-order valence-corrected chi connectivity index (χ0v) is 9.01. The fourth-order valence-electron chi connectivity index (χ4n) is 1.60. The Balaban J connectivity index is 2.34. The van der Waals surface area contributed by atoms with E-state index in [9.17, 15) is 9.18 Å². The number of nitrogens with zero attached hydrogens (tertiary/aromatic N) is 1. The van der Waals surface area contributed by atoms with E-state index in [2.05, 4.69) is 0 Å². The van der Waals surface area contributed by atoms with Crippen LogP contribution in [0.3, 0.4) is 0 Å². The number of alkyl halides is 1. The van der Waals surface area contributed by atoms with Crippen molar-refractivity contribution in [2.75, 3.05) is 13.1 Å². The molecule has 0 aromatic heterocycles. The number of hydrogen-bond donors (Lipinski definition) is 1. The second-order valence-electron chi connectivity index (χ2n) is 5.07. The minimum absolute atomic E-state index is 0.0151. The molecule has 3 nitrogen and oxygen atoms in total. The van der Waals surface area contributed by atoms with E-state index in [1.165, 1.54) is 0 Å². The van der Waals surface area contributed by atoms with E-state index in [0.29, 0.717) is 13.1 Å². The van der Waals surface area contributed by atoms with E-state index >= 15 is 0 Å². The van der Waals surface area contributed by atoms with Gasteiger partial charge in [0, 0.05) is 25.0 Å². The van der Waals surface area contributed by atoms with Crippen LogP contribution in [0.1, 0.15) is 33.6 Å². The summed E-state index contributed by atoms with van der Waals surface area (Å²) >= 11 is 0.